The van der Waals surface area contributed by atoms with E-state index in [1.54, 1.807) is 7.11 Å². The van der Waals surface area contributed by atoms with Crippen LogP contribution in [0.3, 0.4) is 0 Å². The summed E-state index contributed by atoms with van der Waals surface area (Å²) in [7, 11) is 1.60. The average molecular weight is 380 g/mol. The molecule has 0 saturated carbocycles. The van der Waals surface area contributed by atoms with Crippen molar-refractivity contribution in [2.75, 3.05) is 39.1 Å². The number of thioether (sulfide) groups is 1. The van der Waals surface area contributed by atoms with Crippen molar-refractivity contribution in [3.05, 3.63) is 29.8 Å². The van der Waals surface area contributed by atoms with E-state index in [4.69, 9.17) is 10.5 Å². The number of hydrogen-bond donors (Lipinski definition) is 2. The summed E-state index contributed by atoms with van der Waals surface area (Å²) in [5, 5.41) is 2.79. The van der Waals surface area contributed by atoms with E-state index < -0.39 is 0 Å². The second kappa shape index (κ2) is 10.5. The molecule has 1 unspecified atom stereocenters. The Hall–Kier alpha value is -1.57. The smallest absolute Gasteiger partial charge is 0.254 e. The first kappa shape index (κ1) is 20.7. The van der Waals surface area contributed by atoms with E-state index >= 15 is 0 Å². The van der Waals surface area contributed by atoms with Crippen molar-refractivity contribution >= 4 is 23.6 Å². The quantitative estimate of drug-likeness (QED) is 0.531. The predicted octanol–water partition coefficient (Wildman–Crippen LogP) is 1.74. The minimum atomic E-state index is -0.0629. The topological polar surface area (TPSA) is 84.7 Å². The van der Waals surface area contributed by atoms with E-state index in [9.17, 15) is 9.59 Å². The third-order valence-corrected chi connectivity index (χ3v) is 5.75. The molecule has 1 aliphatic rings. The number of ether oxygens (including phenoxy) is 1. The predicted molar refractivity (Wildman–Crippen MR) is 104 cm³/mol. The van der Waals surface area contributed by atoms with Gasteiger partial charge < -0.3 is 20.7 Å². The van der Waals surface area contributed by atoms with Gasteiger partial charge in [0, 0.05) is 37.7 Å². The molecule has 1 aromatic carbocycles. The molecule has 144 valence electrons. The molecule has 6 nitrogen and oxygen atoms in total. The molecule has 0 aliphatic carbocycles. The Labute approximate surface area is 159 Å². The molecule has 1 fully saturated rings. The number of likely N-dealkylation sites (tertiary alicyclic amines) is 1. The van der Waals surface area contributed by atoms with Crippen LogP contribution in [0.2, 0.25) is 0 Å². The van der Waals surface area contributed by atoms with Crippen LogP contribution >= 0.6 is 11.8 Å². The van der Waals surface area contributed by atoms with Crippen molar-refractivity contribution in [1.29, 1.82) is 0 Å². The number of amides is 2. The molecular weight excluding hydrogens is 350 g/mol. The fraction of sp³-hybridized carbons (Fsp3) is 0.579. The number of piperidine rings is 1. The largest absolute Gasteiger partial charge is 0.383 e. The van der Waals surface area contributed by atoms with Crippen LogP contribution in [-0.2, 0) is 9.53 Å². The van der Waals surface area contributed by atoms with Crippen LogP contribution in [0.25, 0.3) is 0 Å². The Bertz CT molecular complexity index is 601. The highest BCUT2D eigenvalue weighted by Gasteiger charge is 2.26. The molecule has 1 atom stereocenters. The van der Waals surface area contributed by atoms with Crippen LogP contribution in [0.4, 0.5) is 0 Å². The number of rotatable bonds is 8. The normalized spacial score (nSPS) is 16.3. The lowest BCUT2D eigenvalue weighted by Gasteiger charge is -2.34. The molecule has 7 heteroatoms. The third kappa shape index (κ3) is 6.00. The number of carbonyl (C=O) groups is 2. The molecular formula is C19H29N3O3S. The van der Waals surface area contributed by atoms with Crippen molar-refractivity contribution < 1.29 is 14.3 Å². The fourth-order valence-corrected chi connectivity index (χ4v) is 3.93. The average Bonchev–Trinajstić information content (AvgIpc) is 2.66. The number of nitrogens with one attached hydrogen (secondary N) is 1. The second-order valence-corrected chi connectivity index (χ2v) is 7.63. The molecule has 0 bridgehead atoms. The van der Waals surface area contributed by atoms with Gasteiger partial charge in [0.2, 0.25) is 5.91 Å². The lowest BCUT2D eigenvalue weighted by atomic mass is 9.90. The summed E-state index contributed by atoms with van der Waals surface area (Å²) in [6.07, 6.45) is 1.89. The van der Waals surface area contributed by atoms with Gasteiger partial charge in [-0.1, -0.05) is 12.1 Å². The zero-order valence-corrected chi connectivity index (χ0v) is 16.4. The molecule has 1 aromatic rings. The highest BCUT2D eigenvalue weighted by Crippen LogP contribution is 2.26. The fourth-order valence-electron chi connectivity index (χ4n) is 3.05. The molecule has 0 radical (unpaired) electrons. The molecule has 1 heterocycles. The van der Waals surface area contributed by atoms with Crippen molar-refractivity contribution in [3.8, 4) is 0 Å². The number of nitrogens with zero attached hydrogens (tertiary/aromatic N) is 1. The van der Waals surface area contributed by atoms with Crippen molar-refractivity contribution in [2.45, 2.75) is 30.7 Å². The summed E-state index contributed by atoms with van der Waals surface area (Å²) >= 11 is 1.39. The molecule has 3 N–H and O–H groups in total. The van der Waals surface area contributed by atoms with Crippen LogP contribution in [0.1, 0.15) is 30.1 Å². The Morgan fingerprint density at radius 3 is 2.69 bits per heavy atom. The Morgan fingerprint density at radius 1 is 1.35 bits per heavy atom. The van der Waals surface area contributed by atoms with Crippen LogP contribution in [0, 0.1) is 5.92 Å². The Balaban J connectivity index is 1.93. The number of nitrogens with two attached hydrogens (primary N) is 1. The summed E-state index contributed by atoms with van der Waals surface area (Å²) in [5.41, 5.74) is 6.65. The molecule has 1 saturated heterocycles. The molecule has 2 rings (SSSR count). The number of benzene rings is 1. The summed E-state index contributed by atoms with van der Waals surface area (Å²) in [5.74, 6) is 0.739. The summed E-state index contributed by atoms with van der Waals surface area (Å²) < 4.78 is 4.92. The first-order valence-electron chi connectivity index (χ1n) is 9.05. The van der Waals surface area contributed by atoms with Crippen LogP contribution in [0.5, 0.6) is 0 Å². The van der Waals surface area contributed by atoms with Gasteiger partial charge in [0.15, 0.2) is 0 Å². The van der Waals surface area contributed by atoms with E-state index in [0.717, 1.165) is 30.8 Å². The van der Waals surface area contributed by atoms with Gasteiger partial charge in [-0.05, 0) is 37.8 Å². The standard InChI is InChI=1S/C19H29N3O3S/c1-14(20)15-7-10-22(11-8-15)19(24)16-5-3-4-6-17(16)26-13-18(23)21-9-12-25-2/h3-6,14-15H,7-13,20H2,1-2H3,(H,21,23). The van der Waals surface area contributed by atoms with Gasteiger partial charge in [0.05, 0.1) is 17.9 Å². The van der Waals surface area contributed by atoms with Gasteiger partial charge in [0.1, 0.15) is 0 Å². The van der Waals surface area contributed by atoms with E-state index in [1.165, 1.54) is 11.8 Å². The van der Waals surface area contributed by atoms with Gasteiger partial charge in [0.25, 0.3) is 5.91 Å². The maximum atomic E-state index is 12.9. The first-order chi connectivity index (χ1) is 12.5. The minimum absolute atomic E-state index is 0.0380. The summed E-state index contributed by atoms with van der Waals surface area (Å²) in [6.45, 7) is 4.49. The monoisotopic (exact) mass is 379 g/mol. The van der Waals surface area contributed by atoms with Crippen LogP contribution in [-0.4, -0.2) is 61.9 Å². The van der Waals surface area contributed by atoms with Crippen LogP contribution < -0.4 is 11.1 Å². The molecule has 0 spiro atoms. The SMILES string of the molecule is COCCNC(=O)CSc1ccccc1C(=O)N1CCC(C(C)N)CC1. The zero-order valence-electron chi connectivity index (χ0n) is 15.6. The molecule has 2 amide bonds. The second-order valence-electron chi connectivity index (χ2n) is 6.62. The van der Waals surface area contributed by atoms with Gasteiger partial charge >= 0.3 is 0 Å². The minimum Gasteiger partial charge on any atom is -0.383 e. The molecule has 0 aromatic heterocycles. The lowest BCUT2D eigenvalue weighted by molar-refractivity contribution is -0.118. The lowest BCUT2D eigenvalue weighted by Crippen LogP contribution is -2.42. The van der Waals surface area contributed by atoms with Gasteiger partial charge in [-0.15, -0.1) is 11.8 Å². The first-order valence-corrected chi connectivity index (χ1v) is 10.0. The molecule has 26 heavy (non-hydrogen) atoms. The Kier molecular flexibility index (Phi) is 8.41. The van der Waals surface area contributed by atoms with Gasteiger partial charge in [-0.25, -0.2) is 0 Å². The van der Waals surface area contributed by atoms with E-state index in [2.05, 4.69) is 5.32 Å². The van der Waals surface area contributed by atoms with Crippen molar-refractivity contribution in [2.24, 2.45) is 11.7 Å². The van der Waals surface area contributed by atoms with Crippen LogP contribution in [0.15, 0.2) is 29.2 Å². The maximum absolute atomic E-state index is 12.9. The zero-order chi connectivity index (χ0) is 18.9. The summed E-state index contributed by atoms with van der Waals surface area (Å²) in [4.78, 5) is 27.5. The maximum Gasteiger partial charge on any atom is 0.254 e. The highest BCUT2D eigenvalue weighted by atomic mass is 32.2. The highest BCUT2D eigenvalue weighted by molar-refractivity contribution is 8.00. The number of carbonyl (C=O) groups excluding carboxylic acids is 2. The molecule has 1 aliphatic heterocycles. The van der Waals surface area contributed by atoms with Crippen molar-refractivity contribution in [1.82, 2.24) is 10.2 Å². The van der Waals surface area contributed by atoms with Gasteiger partial charge in [-0.2, -0.15) is 0 Å². The third-order valence-electron chi connectivity index (χ3n) is 4.67. The van der Waals surface area contributed by atoms with E-state index in [1.807, 2.05) is 36.1 Å². The number of methoxy groups -OCH3 is 1. The van der Waals surface area contributed by atoms with E-state index in [-0.39, 0.29) is 23.6 Å². The Morgan fingerprint density at radius 2 is 2.04 bits per heavy atom. The summed E-state index contributed by atoms with van der Waals surface area (Å²) in [6, 6.07) is 7.67. The van der Waals surface area contributed by atoms with Crippen molar-refractivity contribution in [3.63, 3.8) is 0 Å². The van der Waals surface area contributed by atoms with E-state index in [0.29, 0.717) is 24.6 Å². The number of hydrogen-bond acceptors (Lipinski definition) is 5. The van der Waals surface area contributed by atoms with Gasteiger partial charge in [-0.3, -0.25) is 9.59 Å².